The van der Waals surface area contributed by atoms with Crippen molar-refractivity contribution in [3.8, 4) is 0 Å². The molecule has 0 saturated heterocycles. The van der Waals surface area contributed by atoms with Crippen LogP contribution in [0.1, 0.15) is 0 Å². The van der Waals surface area contributed by atoms with E-state index in [1.165, 1.54) is 14.2 Å². The Bertz CT molecular complexity index is 107. The molecule has 0 amide bonds. The third-order valence-corrected chi connectivity index (χ3v) is 0.937. The number of rotatable bonds is 2. The fourth-order valence-electron chi connectivity index (χ4n) is 0.0745. The Kier molecular flexibility index (Phi) is 9.01. The molecule has 0 spiro atoms. The van der Waals surface area contributed by atoms with Gasteiger partial charge in [0.2, 0.25) is 0 Å². The number of hydrogen-bond donors (Lipinski definition) is 4. The van der Waals surface area contributed by atoms with Gasteiger partial charge in [0.05, 0.1) is 0 Å². The van der Waals surface area contributed by atoms with Crippen LogP contribution in [-0.4, -0.2) is 33.8 Å². The molecule has 0 aromatic heterocycles. The minimum atomic E-state index is -4.64. The SMILES string of the molecule is COP(O)OC.O=P(O)(O)O. The van der Waals surface area contributed by atoms with E-state index in [2.05, 4.69) is 9.05 Å². The predicted molar refractivity (Wildman–Crippen MR) is 37.4 cm³/mol. The van der Waals surface area contributed by atoms with Gasteiger partial charge in [-0.2, -0.15) is 0 Å². The third-order valence-electron chi connectivity index (χ3n) is 0.312. The summed E-state index contributed by atoms with van der Waals surface area (Å²) in [5.74, 6) is 0. The van der Waals surface area contributed by atoms with Gasteiger partial charge in [0.15, 0.2) is 0 Å². The average Bonchev–Trinajstić information content (AvgIpc) is 1.83. The molecule has 0 unspecified atom stereocenters. The summed E-state index contributed by atoms with van der Waals surface area (Å²) in [6.45, 7) is 0. The van der Waals surface area contributed by atoms with E-state index in [0.29, 0.717) is 0 Å². The quantitative estimate of drug-likeness (QED) is 0.455. The van der Waals surface area contributed by atoms with Crippen LogP contribution in [0.15, 0.2) is 0 Å². The van der Waals surface area contributed by atoms with Crippen molar-refractivity contribution in [2.45, 2.75) is 0 Å². The first-order valence-corrected chi connectivity index (χ1v) is 4.86. The first-order valence-electron chi connectivity index (χ1n) is 2.16. The summed E-state index contributed by atoms with van der Waals surface area (Å²) < 4.78 is 17.5. The number of phosphoric acid groups is 1. The predicted octanol–water partition coefficient (Wildman–Crippen LogP) is -0.430. The highest BCUT2D eigenvalue weighted by molar-refractivity contribution is 7.45. The average molecular weight is 208 g/mol. The van der Waals surface area contributed by atoms with Gasteiger partial charge in [0, 0.05) is 14.2 Å². The zero-order chi connectivity index (χ0) is 9.49. The molecule has 0 saturated carbocycles. The summed E-state index contributed by atoms with van der Waals surface area (Å²) in [5, 5.41) is 0. The molecular formula is C2H10O7P2. The first kappa shape index (κ1) is 14.0. The summed E-state index contributed by atoms with van der Waals surface area (Å²) in [4.78, 5) is 29.8. The van der Waals surface area contributed by atoms with Crippen molar-refractivity contribution >= 4 is 16.4 Å². The van der Waals surface area contributed by atoms with Crippen molar-refractivity contribution in [2.75, 3.05) is 14.2 Å². The van der Waals surface area contributed by atoms with Crippen LogP contribution in [-0.2, 0) is 13.6 Å². The molecule has 9 heteroatoms. The van der Waals surface area contributed by atoms with E-state index in [4.69, 9.17) is 24.1 Å². The molecule has 0 aliphatic carbocycles. The zero-order valence-electron chi connectivity index (χ0n) is 5.91. The Labute approximate surface area is 64.8 Å². The normalized spacial score (nSPS) is 10.8. The molecule has 7 nitrogen and oxygen atoms in total. The maximum Gasteiger partial charge on any atom is 0.466 e. The van der Waals surface area contributed by atoms with Crippen molar-refractivity contribution in [3.63, 3.8) is 0 Å². The van der Waals surface area contributed by atoms with Crippen LogP contribution in [0.3, 0.4) is 0 Å². The molecule has 0 aliphatic heterocycles. The van der Waals surface area contributed by atoms with Gasteiger partial charge in [-0.3, -0.25) is 0 Å². The smallest absolute Gasteiger partial charge is 0.328 e. The maximum atomic E-state index is 8.88. The van der Waals surface area contributed by atoms with E-state index >= 15 is 0 Å². The molecule has 0 aliphatic rings. The van der Waals surface area contributed by atoms with Crippen molar-refractivity contribution in [1.29, 1.82) is 0 Å². The van der Waals surface area contributed by atoms with Gasteiger partial charge >= 0.3 is 16.4 Å². The van der Waals surface area contributed by atoms with Crippen LogP contribution in [0, 0.1) is 0 Å². The Morgan fingerprint density at radius 2 is 1.36 bits per heavy atom. The second-order valence-electron chi connectivity index (χ2n) is 1.12. The van der Waals surface area contributed by atoms with Crippen LogP contribution in [0.2, 0.25) is 0 Å². The fraction of sp³-hybridized carbons (Fsp3) is 1.00. The standard InChI is InChI=1S/C2H7O3P.H3O4P/c1-4-6(3)5-2;1-5(2,3)4/h3H,1-2H3;(H3,1,2,3,4). The van der Waals surface area contributed by atoms with Crippen molar-refractivity contribution in [2.24, 2.45) is 0 Å². The molecule has 0 aromatic rings. The summed E-state index contributed by atoms with van der Waals surface area (Å²) in [7, 11) is -3.45. The zero-order valence-corrected chi connectivity index (χ0v) is 7.70. The first-order chi connectivity index (χ1) is 4.81. The number of hydrogen-bond acceptors (Lipinski definition) is 4. The van der Waals surface area contributed by atoms with Crippen LogP contribution in [0.5, 0.6) is 0 Å². The summed E-state index contributed by atoms with van der Waals surface area (Å²) in [6.07, 6.45) is 0. The van der Waals surface area contributed by atoms with Gasteiger partial charge in [0.1, 0.15) is 0 Å². The van der Waals surface area contributed by atoms with Gasteiger partial charge < -0.3 is 28.6 Å². The van der Waals surface area contributed by atoms with Crippen molar-refractivity contribution in [3.05, 3.63) is 0 Å². The Hall–Kier alpha value is 0.420. The molecule has 4 N–H and O–H groups in total. The van der Waals surface area contributed by atoms with E-state index in [0.717, 1.165) is 0 Å². The fourth-order valence-corrected chi connectivity index (χ4v) is 0.224. The third kappa shape index (κ3) is 37.8. The molecule has 0 radical (unpaired) electrons. The topological polar surface area (TPSA) is 116 Å². The van der Waals surface area contributed by atoms with Crippen molar-refractivity contribution in [1.82, 2.24) is 0 Å². The highest BCUT2D eigenvalue weighted by Gasteiger charge is 2.00. The van der Waals surface area contributed by atoms with E-state index in [1.807, 2.05) is 0 Å². The largest absolute Gasteiger partial charge is 0.466 e. The molecule has 11 heavy (non-hydrogen) atoms. The molecule has 0 fully saturated rings. The Morgan fingerprint density at radius 3 is 1.36 bits per heavy atom. The molecule has 0 heterocycles. The van der Waals surface area contributed by atoms with Gasteiger partial charge in [-0.05, 0) is 0 Å². The second kappa shape index (κ2) is 7.09. The van der Waals surface area contributed by atoms with Gasteiger partial charge in [-0.15, -0.1) is 0 Å². The molecular weight excluding hydrogens is 198 g/mol. The minimum Gasteiger partial charge on any atom is -0.328 e. The maximum absolute atomic E-state index is 8.88. The minimum absolute atomic E-state index is 1.38. The molecule has 0 aromatic carbocycles. The van der Waals surface area contributed by atoms with Crippen LogP contribution in [0.25, 0.3) is 0 Å². The van der Waals surface area contributed by atoms with Crippen LogP contribution in [0.4, 0.5) is 0 Å². The molecule has 70 valence electrons. The van der Waals surface area contributed by atoms with E-state index in [9.17, 15) is 0 Å². The van der Waals surface area contributed by atoms with Crippen LogP contribution < -0.4 is 0 Å². The van der Waals surface area contributed by atoms with E-state index in [1.54, 1.807) is 0 Å². The Balaban J connectivity index is 0. The van der Waals surface area contributed by atoms with Gasteiger partial charge in [-0.1, -0.05) is 0 Å². The summed E-state index contributed by atoms with van der Waals surface area (Å²) in [6, 6.07) is 0. The van der Waals surface area contributed by atoms with E-state index in [-0.39, 0.29) is 0 Å². The lowest BCUT2D eigenvalue weighted by Gasteiger charge is -1.98. The van der Waals surface area contributed by atoms with Gasteiger partial charge in [0.25, 0.3) is 0 Å². The van der Waals surface area contributed by atoms with Crippen LogP contribution >= 0.6 is 16.4 Å². The highest BCUT2D eigenvalue weighted by Crippen LogP contribution is 2.28. The molecule has 0 bridgehead atoms. The lowest BCUT2D eigenvalue weighted by Crippen LogP contribution is -1.75. The summed E-state index contributed by atoms with van der Waals surface area (Å²) in [5.41, 5.74) is 0. The van der Waals surface area contributed by atoms with Crippen molar-refractivity contribution < 1.29 is 33.2 Å². The summed E-state index contributed by atoms with van der Waals surface area (Å²) >= 11 is 0. The lowest BCUT2D eigenvalue weighted by molar-refractivity contribution is 0.270. The monoisotopic (exact) mass is 208 g/mol. The molecule has 0 rings (SSSR count). The van der Waals surface area contributed by atoms with Gasteiger partial charge in [-0.25, -0.2) is 4.57 Å². The lowest BCUT2D eigenvalue weighted by atomic mass is 11.8. The molecule has 0 atom stereocenters. The van der Waals surface area contributed by atoms with E-state index < -0.39 is 16.4 Å². The Morgan fingerprint density at radius 1 is 1.18 bits per heavy atom. The highest BCUT2D eigenvalue weighted by atomic mass is 31.2. The second-order valence-corrected chi connectivity index (χ2v) is 3.35.